The van der Waals surface area contributed by atoms with Crippen LogP contribution in [0, 0.1) is 0 Å². The molecular formula is C19H22N2O2. The van der Waals surface area contributed by atoms with E-state index in [0.29, 0.717) is 6.42 Å². The van der Waals surface area contributed by atoms with E-state index >= 15 is 0 Å². The number of nitrogens with one attached hydrogen (secondary N) is 1. The Kier molecular flexibility index (Phi) is 5.52. The van der Waals surface area contributed by atoms with E-state index in [4.69, 9.17) is 5.73 Å². The minimum absolute atomic E-state index is 0.203. The first kappa shape index (κ1) is 16.7. The molecule has 2 aromatic carbocycles. The van der Waals surface area contributed by atoms with Crippen molar-refractivity contribution >= 4 is 22.6 Å². The van der Waals surface area contributed by atoms with Crippen LogP contribution in [0.1, 0.15) is 25.8 Å². The van der Waals surface area contributed by atoms with E-state index in [1.54, 1.807) is 0 Å². The van der Waals surface area contributed by atoms with Gasteiger partial charge in [0, 0.05) is 0 Å². The Morgan fingerprint density at radius 1 is 1.13 bits per heavy atom. The van der Waals surface area contributed by atoms with Crippen LogP contribution in [0.3, 0.4) is 0 Å². The number of carbonyl (C=O) groups is 2. The highest BCUT2D eigenvalue weighted by Crippen LogP contribution is 2.16. The van der Waals surface area contributed by atoms with E-state index in [1.807, 2.05) is 62.4 Å². The van der Waals surface area contributed by atoms with Crippen molar-refractivity contribution in [3.63, 3.8) is 0 Å². The van der Waals surface area contributed by atoms with E-state index in [-0.39, 0.29) is 12.3 Å². The molecule has 2 aromatic rings. The first-order valence-electron chi connectivity index (χ1n) is 7.65. The van der Waals surface area contributed by atoms with Crippen LogP contribution in [-0.4, -0.2) is 17.9 Å². The van der Waals surface area contributed by atoms with Gasteiger partial charge in [-0.3, -0.25) is 9.59 Å². The summed E-state index contributed by atoms with van der Waals surface area (Å²) in [5, 5.41) is 4.94. The Bertz CT molecular complexity index is 746. The van der Waals surface area contributed by atoms with Crippen molar-refractivity contribution in [3.8, 4) is 0 Å². The number of amides is 2. The standard InChI is InChI=1S/C19H22N2O2/c1-13(2)7-10-17(19(20)23)21-18(22)12-14-8-9-15-5-3-4-6-16(15)11-14/h3-9,11,17H,10,12H2,1-2H3,(H2,20,23)(H,21,22)/t17-/m1/s1. The van der Waals surface area contributed by atoms with Crippen molar-refractivity contribution in [1.29, 1.82) is 0 Å². The van der Waals surface area contributed by atoms with Crippen LogP contribution in [0.25, 0.3) is 10.8 Å². The maximum atomic E-state index is 12.2. The average Bonchev–Trinajstić information content (AvgIpc) is 2.50. The van der Waals surface area contributed by atoms with Gasteiger partial charge < -0.3 is 11.1 Å². The summed E-state index contributed by atoms with van der Waals surface area (Å²) in [4.78, 5) is 23.6. The van der Waals surface area contributed by atoms with Crippen LogP contribution in [0.2, 0.25) is 0 Å². The lowest BCUT2D eigenvalue weighted by atomic mass is 10.0. The van der Waals surface area contributed by atoms with Crippen LogP contribution < -0.4 is 11.1 Å². The fraction of sp³-hybridized carbons (Fsp3) is 0.263. The fourth-order valence-electron chi connectivity index (χ4n) is 2.38. The van der Waals surface area contributed by atoms with Crippen molar-refractivity contribution < 1.29 is 9.59 Å². The van der Waals surface area contributed by atoms with Crippen molar-refractivity contribution in [2.75, 3.05) is 0 Å². The van der Waals surface area contributed by atoms with E-state index in [2.05, 4.69) is 5.32 Å². The molecular weight excluding hydrogens is 288 g/mol. The summed E-state index contributed by atoms with van der Waals surface area (Å²) in [6.07, 6.45) is 2.54. The summed E-state index contributed by atoms with van der Waals surface area (Å²) in [7, 11) is 0. The molecule has 0 aliphatic rings. The number of rotatable bonds is 6. The van der Waals surface area contributed by atoms with E-state index < -0.39 is 11.9 Å². The molecule has 120 valence electrons. The van der Waals surface area contributed by atoms with E-state index in [1.165, 1.54) is 0 Å². The van der Waals surface area contributed by atoms with Crippen LogP contribution >= 0.6 is 0 Å². The largest absolute Gasteiger partial charge is 0.368 e. The molecule has 0 saturated heterocycles. The summed E-state index contributed by atoms with van der Waals surface area (Å²) in [5.41, 5.74) is 7.35. The summed E-state index contributed by atoms with van der Waals surface area (Å²) < 4.78 is 0. The predicted molar refractivity (Wildman–Crippen MR) is 92.8 cm³/mol. The Hall–Kier alpha value is -2.62. The minimum Gasteiger partial charge on any atom is -0.368 e. The molecule has 0 heterocycles. The van der Waals surface area contributed by atoms with Gasteiger partial charge in [0.1, 0.15) is 6.04 Å². The topological polar surface area (TPSA) is 72.2 Å². The van der Waals surface area contributed by atoms with Crippen molar-refractivity contribution in [1.82, 2.24) is 5.32 Å². The Balaban J connectivity index is 2.04. The molecule has 0 unspecified atom stereocenters. The lowest BCUT2D eigenvalue weighted by Gasteiger charge is -2.14. The van der Waals surface area contributed by atoms with Crippen LogP contribution in [0.5, 0.6) is 0 Å². The number of carbonyl (C=O) groups excluding carboxylic acids is 2. The lowest BCUT2D eigenvalue weighted by molar-refractivity contribution is -0.126. The number of benzene rings is 2. The third-order valence-electron chi connectivity index (χ3n) is 3.62. The Morgan fingerprint density at radius 2 is 1.83 bits per heavy atom. The first-order valence-corrected chi connectivity index (χ1v) is 7.65. The maximum Gasteiger partial charge on any atom is 0.240 e. The average molecular weight is 310 g/mol. The molecule has 0 aliphatic carbocycles. The molecule has 4 heteroatoms. The van der Waals surface area contributed by atoms with E-state index in [0.717, 1.165) is 21.9 Å². The fourth-order valence-corrected chi connectivity index (χ4v) is 2.38. The smallest absolute Gasteiger partial charge is 0.240 e. The predicted octanol–water partition coefficient (Wildman–Crippen LogP) is 2.71. The number of primary amides is 1. The van der Waals surface area contributed by atoms with Crippen molar-refractivity contribution in [3.05, 3.63) is 59.7 Å². The molecule has 0 fully saturated rings. The molecule has 0 saturated carbocycles. The number of hydrogen-bond donors (Lipinski definition) is 2. The summed E-state index contributed by atoms with van der Waals surface area (Å²) in [6, 6.07) is 13.2. The van der Waals surface area contributed by atoms with Gasteiger partial charge in [-0.05, 0) is 36.6 Å². The van der Waals surface area contributed by atoms with Crippen molar-refractivity contribution in [2.24, 2.45) is 5.73 Å². The zero-order chi connectivity index (χ0) is 16.8. The van der Waals surface area contributed by atoms with Gasteiger partial charge in [0.2, 0.25) is 11.8 Å². The zero-order valence-corrected chi connectivity index (χ0v) is 13.5. The van der Waals surface area contributed by atoms with Crippen LogP contribution in [-0.2, 0) is 16.0 Å². The highest BCUT2D eigenvalue weighted by Gasteiger charge is 2.16. The monoisotopic (exact) mass is 310 g/mol. The molecule has 3 N–H and O–H groups in total. The molecule has 0 aromatic heterocycles. The molecule has 4 nitrogen and oxygen atoms in total. The molecule has 1 atom stereocenters. The summed E-state index contributed by atoms with van der Waals surface area (Å²) in [6.45, 7) is 3.88. The van der Waals surface area contributed by atoms with Gasteiger partial charge in [-0.2, -0.15) is 0 Å². The number of fused-ring (bicyclic) bond motifs is 1. The van der Waals surface area contributed by atoms with Gasteiger partial charge in [-0.1, -0.05) is 54.1 Å². The maximum absolute atomic E-state index is 12.2. The molecule has 2 amide bonds. The van der Waals surface area contributed by atoms with Gasteiger partial charge in [-0.15, -0.1) is 0 Å². The highest BCUT2D eigenvalue weighted by atomic mass is 16.2. The Morgan fingerprint density at radius 3 is 2.48 bits per heavy atom. The van der Waals surface area contributed by atoms with Gasteiger partial charge in [0.05, 0.1) is 6.42 Å². The SMILES string of the molecule is CC(C)=CC[C@@H](NC(=O)Cc1ccc2ccccc2c1)C(N)=O. The quantitative estimate of drug-likeness (QED) is 0.805. The second-order valence-electron chi connectivity index (χ2n) is 5.90. The third kappa shape index (κ3) is 4.95. The van der Waals surface area contributed by atoms with E-state index in [9.17, 15) is 9.59 Å². The lowest BCUT2D eigenvalue weighted by Crippen LogP contribution is -2.44. The second kappa shape index (κ2) is 7.58. The van der Waals surface area contributed by atoms with Gasteiger partial charge in [0.15, 0.2) is 0 Å². The number of nitrogens with two attached hydrogens (primary N) is 1. The Labute approximate surface area is 136 Å². The molecule has 2 rings (SSSR count). The molecule has 0 aliphatic heterocycles. The highest BCUT2D eigenvalue weighted by molar-refractivity contribution is 5.89. The summed E-state index contributed by atoms with van der Waals surface area (Å²) in [5.74, 6) is -0.722. The van der Waals surface area contributed by atoms with Gasteiger partial charge in [-0.25, -0.2) is 0 Å². The third-order valence-corrected chi connectivity index (χ3v) is 3.62. The molecule has 0 bridgehead atoms. The molecule has 0 radical (unpaired) electrons. The zero-order valence-electron chi connectivity index (χ0n) is 13.5. The second-order valence-corrected chi connectivity index (χ2v) is 5.90. The number of allylic oxidation sites excluding steroid dienone is 1. The molecule has 0 spiro atoms. The van der Waals surface area contributed by atoms with Crippen LogP contribution in [0.4, 0.5) is 0 Å². The van der Waals surface area contributed by atoms with Gasteiger partial charge >= 0.3 is 0 Å². The van der Waals surface area contributed by atoms with Gasteiger partial charge in [0.25, 0.3) is 0 Å². The number of hydrogen-bond acceptors (Lipinski definition) is 2. The normalized spacial score (nSPS) is 11.7. The molecule has 23 heavy (non-hydrogen) atoms. The first-order chi connectivity index (χ1) is 11.0. The van der Waals surface area contributed by atoms with Crippen molar-refractivity contribution in [2.45, 2.75) is 32.7 Å². The van der Waals surface area contributed by atoms with Crippen LogP contribution in [0.15, 0.2) is 54.1 Å². The summed E-state index contributed by atoms with van der Waals surface area (Å²) >= 11 is 0. The minimum atomic E-state index is -0.669.